The monoisotopic (exact) mass is 258 g/mol. The number of hydrogen-bond acceptors (Lipinski definition) is 3. The third-order valence-corrected chi connectivity index (χ3v) is 4.25. The third kappa shape index (κ3) is 2.63. The molecule has 102 valence electrons. The lowest BCUT2D eigenvalue weighted by Gasteiger charge is -2.30. The van der Waals surface area contributed by atoms with E-state index in [1.807, 2.05) is 6.07 Å². The SMILES string of the molecule is CCN1CCC(Cc2nnc3ccc(C)cn23)CC1. The fourth-order valence-corrected chi connectivity index (χ4v) is 2.95. The molecule has 19 heavy (non-hydrogen) atoms. The lowest BCUT2D eigenvalue weighted by atomic mass is 9.93. The Bertz CT molecular complexity index is 552. The van der Waals surface area contributed by atoms with Crippen molar-refractivity contribution in [3.8, 4) is 0 Å². The molecule has 4 nitrogen and oxygen atoms in total. The molecule has 1 aliphatic rings. The maximum atomic E-state index is 4.37. The average Bonchev–Trinajstić information content (AvgIpc) is 2.82. The van der Waals surface area contributed by atoms with Gasteiger partial charge in [0.15, 0.2) is 5.65 Å². The van der Waals surface area contributed by atoms with Crippen LogP contribution in [0.3, 0.4) is 0 Å². The highest BCUT2D eigenvalue weighted by molar-refractivity contribution is 5.39. The summed E-state index contributed by atoms with van der Waals surface area (Å²) in [7, 11) is 0. The molecule has 2 aromatic rings. The smallest absolute Gasteiger partial charge is 0.160 e. The topological polar surface area (TPSA) is 33.4 Å². The van der Waals surface area contributed by atoms with Crippen molar-refractivity contribution in [2.24, 2.45) is 5.92 Å². The number of fused-ring (bicyclic) bond motifs is 1. The van der Waals surface area contributed by atoms with Gasteiger partial charge in [-0.1, -0.05) is 13.0 Å². The van der Waals surface area contributed by atoms with Crippen LogP contribution in [-0.4, -0.2) is 39.1 Å². The van der Waals surface area contributed by atoms with E-state index in [-0.39, 0.29) is 0 Å². The first-order valence-electron chi connectivity index (χ1n) is 7.29. The molecule has 3 rings (SSSR count). The first kappa shape index (κ1) is 12.6. The van der Waals surface area contributed by atoms with Crippen LogP contribution < -0.4 is 0 Å². The number of rotatable bonds is 3. The van der Waals surface area contributed by atoms with Crippen molar-refractivity contribution in [1.29, 1.82) is 0 Å². The Labute approximate surface area is 114 Å². The summed E-state index contributed by atoms with van der Waals surface area (Å²) in [6.07, 6.45) is 5.77. The largest absolute Gasteiger partial charge is 0.304 e. The fourth-order valence-electron chi connectivity index (χ4n) is 2.95. The van der Waals surface area contributed by atoms with E-state index in [0.29, 0.717) is 0 Å². The van der Waals surface area contributed by atoms with Crippen LogP contribution in [0.15, 0.2) is 18.3 Å². The minimum atomic E-state index is 0.760. The van der Waals surface area contributed by atoms with Gasteiger partial charge in [0.1, 0.15) is 5.82 Å². The molecule has 1 fully saturated rings. The van der Waals surface area contributed by atoms with Crippen LogP contribution in [0, 0.1) is 12.8 Å². The first-order chi connectivity index (χ1) is 9.26. The number of likely N-dealkylation sites (tertiary alicyclic amines) is 1. The molecule has 0 N–H and O–H groups in total. The fraction of sp³-hybridized carbons (Fsp3) is 0.600. The van der Waals surface area contributed by atoms with E-state index in [1.165, 1.54) is 38.0 Å². The zero-order valence-corrected chi connectivity index (χ0v) is 11.8. The maximum absolute atomic E-state index is 4.37. The molecule has 0 amide bonds. The normalized spacial score (nSPS) is 18.2. The summed E-state index contributed by atoms with van der Waals surface area (Å²) in [6.45, 7) is 8.01. The second-order valence-corrected chi connectivity index (χ2v) is 5.63. The van der Waals surface area contributed by atoms with E-state index in [1.54, 1.807) is 0 Å². The van der Waals surface area contributed by atoms with Gasteiger partial charge in [-0.2, -0.15) is 0 Å². The van der Waals surface area contributed by atoms with Crippen molar-refractivity contribution in [3.05, 3.63) is 29.7 Å². The van der Waals surface area contributed by atoms with Crippen LogP contribution >= 0.6 is 0 Å². The van der Waals surface area contributed by atoms with Crippen LogP contribution in [-0.2, 0) is 6.42 Å². The summed E-state index contributed by atoms with van der Waals surface area (Å²) < 4.78 is 2.15. The summed E-state index contributed by atoms with van der Waals surface area (Å²) in [6, 6.07) is 4.14. The predicted octanol–water partition coefficient (Wildman–Crippen LogP) is 2.31. The molecule has 0 aliphatic carbocycles. The lowest BCUT2D eigenvalue weighted by molar-refractivity contribution is 0.190. The second kappa shape index (κ2) is 5.29. The highest BCUT2D eigenvalue weighted by Gasteiger charge is 2.20. The zero-order chi connectivity index (χ0) is 13.2. The summed E-state index contributed by atoms with van der Waals surface area (Å²) in [4.78, 5) is 2.53. The molecule has 0 bridgehead atoms. The van der Waals surface area contributed by atoms with Gasteiger partial charge in [-0.15, -0.1) is 10.2 Å². The van der Waals surface area contributed by atoms with Crippen LogP contribution in [0.25, 0.3) is 5.65 Å². The average molecular weight is 258 g/mol. The Hall–Kier alpha value is -1.42. The van der Waals surface area contributed by atoms with E-state index in [0.717, 1.165) is 23.8 Å². The van der Waals surface area contributed by atoms with E-state index < -0.39 is 0 Å². The van der Waals surface area contributed by atoms with E-state index >= 15 is 0 Å². The first-order valence-corrected chi connectivity index (χ1v) is 7.29. The van der Waals surface area contributed by atoms with E-state index in [2.05, 4.69) is 45.6 Å². The number of hydrogen-bond donors (Lipinski definition) is 0. The Morgan fingerprint density at radius 3 is 2.74 bits per heavy atom. The van der Waals surface area contributed by atoms with Crippen molar-refractivity contribution >= 4 is 5.65 Å². The van der Waals surface area contributed by atoms with E-state index in [4.69, 9.17) is 0 Å². The van der Waals surface area contributed by atoms with Gasteiger partial charge >= 0.3 is 0 Å². The van der Waals surface area contributed by atoms with Gasteiger partial charge in [-0.3, -0.25) is 4.40 Å². The zero-order valence-electron chi connectivity index (χ0n) is 11.8. The van der Waals surface area contributed by atoms with Gasteiger partial charge in [0.2, 0.25) is 0 Å². The molecule has 0 unspecified atom stereocenters. The molecular formula is C15H22N4. The van der Waals surface area contributed by atoms with Crippen LogP contribution in [0.5, 0.6) is 0 Å². The number of aryl methyl sites for hydroxylation is 1. The van der Waals surface area contributed by atoms with Gasteiger partial charge < -0.3 is 4.90 Å². The Balaban J connectivity index is 1.73. The highest BCUT2D eigenvalue weighted by atomic mass is 15.2. The van der Waals surface area contributed by atoms with Gasteiger partial charge in [-0.05, 0) is 56.9 Å². The molecule has 2 aromatic heterocycles. The van der Waals surface area contributed by atoms with E-state index in [9.17, 15) is 0 Å². The minimum absolute atomic E-state index is 0.760. The quantitative estimate of drug-likeness (QED) is 0.847. The van der Waals surface area contributed by atoms with Crippen molar-refractivity contribution < 1.29 is 0 Å². The van der Waals surface area contributed by atoms with Crippen molar-refractivity contribution in [2.45, 2.75) is 33.1 Å². The van der Waals surface area contributed by atoms with Gasteiger partial charge in [0, 0.05) is 12.6 Å². The standard InChI is InChI=1S/C15H22N4/c1-3-18-8-6-13(7-9-18)10-15-17-16-14-5-4-12(2)11-19(14)15/h4-5,11,13H,3,6-10H2,1-2H3. The molecule has 0 atom stereocenters. The summed E-state index contributed by atoms with van der Waals surface area (Å²) >= 11 is 0. The Kier molecular flexibility index (Phi) is 3.51. The molecule has 3 heterocycles. The molecule has 0 saturated carbocycles. The molecular weight excluding hydrogens is 236 g/mol. The summed E-state index contributed by atoms with van der Waals surface area (Å²) in [5, 5.41) is 8.63. The van der Waals surface area contributed by atoms with Crippen LogP contribution in [0.2, 0.25) is 0 Å². The van der Waals surface area contributed by atoms with Gasteiger partial charge in [-0.25, -0.2) is 0 Å². The second-order valence-electron chi connectivity index (χ2n) is 5.63. The molecule has 0 radical (unpaired) electrons. The van der Waals surface area contributed by atoms with Crippen molar-refractivity contribution in [1.82, 2.24) is 19.5 Å². The number of pyridine rings is 1. The minimum Gasteiger partial charge on any atom is -0.304 e. The lowest BCUT2D eigenvalue weighted by Crippen LogP contribution is -2.34. The molecule has 4 heteroatoms. The molecule has 1 saturated heterocycles. The Morgan fingerprint density at radius 1 is 1.21 bits per heavy atom. The Morgan fingerprint density at radius 2 is 2.00 bits per heavy atom. The van der Waals surface area contributed by atoms with Crippen LogP contribution in [0.4, 0.5) is 0 Å². The third-order valence-electron chi connectivity index (χ3n) is 4.25. The summed E-state index contributed by atoms with van der Waals surface area (Å²) in [5.74, 6) is 1.88. The highest BCUT2D eigenvalue weighted by Crippen LogP contribution is 2.21. The molecule has 1 aliphatic heterocycles. The number of piperidine rings is 1. The van der Waals surface area contributed by atoms with Gasteiger partial charge in [0.05, 0.1) is 0 Å². The molecule has 0 aromatic carbocycles. The van der Waals surface area contributed by atoms with Crippen molar-refractivity contribution in [3.63, 3.8) is 0 Å². The predicted molar refractivity (Wildman–Crippen MR) is 76.3 cm³/mol. The van der Waals surface area contributed by atoms with Crippen molar-refractivity contribution in [2.75, 3.05) is 19.6 Å². The van der Waals surface area contributed by atoms with Gasteiger partial charge in [0.25, 0.3) is 0 Å². The van der Waals surface area contributed by atoms with Crippen LogP contribution in [0.1, 0.15) is 31.2 Å². The number of aromatic nitrogens is 3. The number of nitrogens with zero attached hydrogens (tertiary/aromatic N) is 4. The summed E-state index contributed by atoms with van der Waals surface area (Å²) in [5.41, 5.74) is 2.22. The molecule has 0 spiro atoms. The maximum Gasteiger partial charge on any atom is 0.160 e.